The van der Waals surface area contributed by atoms with Crippen LogP contribution in [0, 0.1) is 6.92 Å². The number of fused-ring (bicyclic) bond motifs is 1. The van der Waals surface area contributed by atoms with Gasteiger partial charge in [0.05, 0.1) is 24.2 Å². The third kappa shape index (κ3) is 4.27. The zero-order valence-electron chi connectivity index (χ0n) is 15.7. The number of aromatic nitrogens is 2. The Labute approximate surface area is 166 Å². The van der Waals surface area contributed by atoms with Gasteiger partial charge >= 0.3 is 0 Å². The number of rotatable bonds is 6. The maximum Gasteiger partial charge on any atom is 0.282 e. The van der Waals surface area contributed by atoms with Gasteiger partial charge in [-0.05, 0) is 60.9 Å². The van der Waals surface area contributed by atoms with Crippen LogP contribution in [0.4, 0.5) is 0 Å². The number of benzene rings is 2. The molecule has 1 heterocycles. The van der Waals surface area contributed by atoms with Crippen LogP contribution in [0.2, 0.25) is 0 Å². The molecule has 5 nitrogen and oxygen atoms in total. The Balaban J connectivity index is 2.10. The van der Waals surface area contributed by atoms with Gasteiger partial charge in [0.25, 0.3) is 5.56 Å². The molecule has 0 atom stereocenters. The van der Waals surface area contributed by atoms with E-state index in [-0.39, 0.29) is 5.56 Å². The van der Waals surface area contributed by atoms with E-state index in [9.17, 15) is 4.79 Å². The number of methoxy groups -OCH3 is 1. The van der Waals surface area contributed by atoms with Gasteiger partial charge < -0.3 is 4.74 Å². The van der Waals surface area contributed by atoms with Crippen LogP contribution in [0.25, 0.3) is 10.9 Å². The molecular formula is C21H22BrN3O2. The van der Waals surface area contributed by atoms with E-state index < -0.39 is 0 Å². The fourth-order valence-electron chi connectivity index (χ4n) is 2.85. The molecule has 0 amide bonds. The summed E-state index contributed by atoms with van der Waals surface area (Å²) in [5, 5.41) is 5.03. The van der Waals surface area contributed by atoms with E-state index in [4.69, 9.17) is 4.74 Å². The van der Waals surface area contributed by atoms with Crippen molar-refractivity contribution in [3.8, 4) is 5.75 Å². The van der Waals surface area contributed by atoms with E-state index in [2.05, 4.69) is 32.9 Å². The van der Waals surface area contributed by atoms with Gasteiger partial charge in [0.2, 0.25) is 0 Å². The number of halogens is 1. The maximum atomic E-state index is 13.0. The SMILES string of the molecule is CCCCc1nc2ccc(Br)cc2c(=O)n1N=Cc1ccc(OC)cc1C. The predicted octanol–water partition coefficient (Wildman–Crippen LogP) is 4.70. The van der Waals surface area contributed by atoms with Crippen molar-refractivity contribution >= 4 is 33.0 Å². The van der Waals surface area contributed by atoms with Crippen LogP contribution in [0.1, 0.15) is 36.7 Å². The average Bonchev–Trinajstić information content (AvgIpc) is 2.67. The molecule has 1 aromatic heterocycles. The van der Waals surface area contributed by atoms with Crippen molar-refractivity contribution in [2.45, 2.75) is 33.1 Å². The molecule has 0 fully saturated rings. The second-order valence-corrected chi connectivity index (χ2v) is 7.29. The molecule has 0 saturated heterocycles. The van der Waals surface area contributed by atoms with Gasteiger partial charge in [-0.1, -0.05) is 29.3 Å². The third-order valence-corrected chi connectivity index (χ3v) is 4.91. The molecule has 0 bridgehead atoms. The minimum Gasteiger partial charge on any atom is -0.497 e. The van der Waals surface area contributed by atoms with Crippen molar-refractivity contribution in [3.05, 3.63) is 68.2 Å². The lowest BCUT2D eigenvalue weighted by Crippen LogP contribution is -2.22. The lowest BCUT2D eigenvalue weighted by atomic mass is 10.1. The normalized spacial score (nSPS) is 11.4. The summed E-state index contributed by atoms with van der Waals surface area (Å²) in [5.41, 5.74) is 2.49. The van der Waals surface area contributed by atoms with Crippen LogP contribution in [0.15, 0.2) is 50.8 Å². The van der Waals surface area contributed by atoms with Crippen molar-refractivity contribution in [1.82, 2.24) is 9.66 Å². The number of aryl methyl sites for hydroxylation is 2. The molecule has 0 saturated carbocycles. The number of ether oxygens (including phenoxy) is 1. The van der Waals surface area contributed by atoms with Crippen LogP contribution >= 0.6 is 15.9 Å². The summed E-state index contributed by atoms with van der Waals surface area (Å²) in [5.74, 6) is 1.47. The van der Waals surface area contributed by atoms with Gasteiger partial charge in [0.15, 0.2) is 0 Å². The monoisotopic (exact) mass is 427 g/mol. The Morgan fingerprint density at radius 2 is 2.07 bits per heavy atom. The first-order valence-electron chi connectivity index (χ1n) is 8.93. The molecule has 0 radical (unpaired) electrons. The van der Waals surface area contributed by atoms with Crippen LogP contribution in [0.3, 0.4) is 0 Å². The highest BCUT2D eigenvalue weighted by Gasteiger charge is 2.11. The van der Waals surface area contributed by atoms with Crippen molar-refractivity contribution in [3.63, 3.8) is 0 Å². The summed E-state index contributed by atoms with van der Waals surface area (Å²) >= 11 is 3.42. The van der Waals surface area contributed by atoms with E-state index in [0.717, 1.165) is 34.2 Å². The Hall–Kier alpha value is -2.47. The van der Waals surface area contributed by atoms with Gasteiger partial charge in [0, 0.05) is 10.9 Å². The summed E-state index contributed by atoms with van der Waals surface area (Å²) in [7, 11) is 1.64. The molecule has 0 spiro atoms. The predicted molar refractivity (Wildman–Crippen MR) is 113 cm³/mol. The summed E-state index contributed by atoms with van der Waals surface area (Å²) in [6, 6.07) is 11.3. The number of nitrogens with zero attached hydrogens (tertiary/aromatic N) is 3. The van der Waals surface area contributed by atoms with E-state index in [0.29, 0.717) is 23.1 Å². The minimum absolute atomic E-state index is 0.158. The molecule has 140 valence electrons. The minimum atomic E-state index is -0.158. The number of hydrogen-bond donors (Lipinski definition) is 0. The van der Waals surface area contributed by atoms with Crippen molar-refractivity contribution in [2.24, 2.45) is 5.10 Å². The highest BCUT2D eigenvalue weighted by Crippen LogP contribution is 2.18. The summed E-state index contributed by atoms with van der Waals surface area (Å²) in [4.78, 5) is 17.7. The highest BCUT2D eigenvalue weighted by atomic mass is 79.9. The topological polar surface area (TPSA) is 56.5 Å². The van der Waals surface area contributed by atoms with Crippen molar-refractivity contribution in [1.29, 1.82) is 0 Å². The second-order valence-electron chi connectivity index (χ2n) is 6.38. The zero-order chi connectivity index (χ0) is 19.4. The summed E-state index contributed by atoms with van der Waals surface area (Å²) < 4.78 is 7.51. The van der Waals surface area contributed by atoms with E-state index in [1.807, 2.05) is 37.3 Å². The van der Waals surface area contributed by atoms with Crippen molar-refractivity contribution < 1.29 is 4.74 Å². The Morgan fingerprint density at radius 1 is 1.26 bits per heavy atom. The molecule has 0 aliphatic rings. The lowest BCUT2D eigenvalue weighted by molar-refractivity contribution is 0.414. The molecule has 0 aliphatic heterocycles. The third-order valence-electron chi connectivity index (χ3n) is 4.42. The number of unbranched alkanes of at least 4 members (excludes halogenated alkanes) is 1. The van der Waals surface area contributed by atoms with E-state index >= 15 is 0 Å². The molecule has 3 rings (SSSR count). The smallest absolute Gasteiger partial charge is 0.282 e. The van der Waals surface area contributed by atoms with E-state index in [1.165, 1.54) is 4.68 Å². The van der Waals surface area contributed by atoms with Gasteiger partial charge in [-0.3, -0.25) is 4.79 Å². The molecule has 3 aromatic rings. The van der Waals surface area contributed by atoms with Gasteiger partial charge in [-0.15, -0.1) is 0 Å². The molecule has 0 N–H and O–H groups in total. The van der Waals surface area contributed by atoms with Crippen LogP contribution in [0.5, 0.6) is 5.75 Å². The first-order valence-corrected chi connectivity index (χ1v) is 9.73. The Bertz CT molecular complexity index is 1060. The van der Waals surface area contributed by atoms with Gasteiger partial charge in [0.1, 0.15) is 11.6 Å². The van der Waals surface area contributed by atoms with Crippen LogP contribution < -0.4 is 10.3 Å². The Morgan fingerprint density at radius 3 is 2.78 bits per heavy atom. The first kappa shape index (κ1) is 19.3. The fraction of sp³-hybridized carbons (Fsp3) is 0.286. The summed E-state index contributed by atoms with van der Waals surface area (Å²) in [6.07, 6.45) is 4.38. The van der Waals surface area contributed by atoms with Gasteiger partial charge in [-0.2, -0.15) is 9.78 Å². The van der Waals surface area contributed by atoms with Crippen molar-refractivity contribution in [2.75, 3.05) is 7.11 Å². The molecule has 0 aliphatic carbocycles. The first-order chi connectivity index (χ1) is 13.0. The average molecular weight is 428 g/mol. The number of hydrogen-bond acceptors (Lipinski definition) is 4. The second kappa shape index (κ2) is 8.48. The highest BCUT2D eigenvalue weighted by molar-refractivity contribution is 9.10. The largest absolute Gasteiger partial charge is 0.497 e. The zero-order valence-corrected chi connectivity index (χ0v) is 17.3. The van der Waals surface area contributed by atoms with Gasteiger partial charge in [-0.25, -0.2) is 4.98 Å². The lowest BCUT2D eigenvalue weighted by Gasteiger charge is -2.09. The molecule has 0 unspecified atom stereocenters. The molecule has 6 heteroatoms. The fourth-order valence-corrected chi connectivity index (χ4v) is 3.21. The van der Waals surface area contributed by atoms with Crippen LogP contribution in [-0.4, -0.2) is 23.0 Å². The van der Waals surface area contributed by atoms with Crippen LogP contribution in [-0.2, 0) is 6.42 Å². The molecule has 27 heavy (non-hydrogen) atoms. The quantitative estimate of drug-likeness (QED) is 0.535. The van der Waals surface area contributed by atoms with E-state index in [1.54, 1.807) is 19.4 Å². The summed E-state index contributed by atoms with van der Waals surface area (Å²) in [6.45, 7) is 4.10. The standard InChI is InChI=1S/C21H22BrN3O2/c1-4-5-6-20-24-19-10-8-16(22)12-18(19)21(26)25(20)23-13-15-7-9-17(27-3)11-14(15)2/h7-13H,4-6H2,1-3H3. The molecule has 2 aromatic carbocycles. The Kier molecular flexibility index (Phi) is 6.06. The molecular weight excluding hydrogens is 406 g/mol. The maximum absolute atomic E-state index is 13.0.